The Morgan fingerprint density at radius 2 is 1.86 bits per heavy atom. The van der Waals surface area contributed by atoms with Gasteiger partial charge < -0.3 is 5.11 Å². The second-order valence-corrected chi connectivity index (χ2v) is 7.45. The van der Waals surface area contributed by atoms with E-state index < -0.39 is 11.0 Å². The van der Waals surface area contributed by atoms with Gasteiger partial charge in [0.1, 0.15) is 0 Å². The molecule has 0 saturated heterocycles. The maximum Gasteiger partial charge on any atom is 0.0940 e. The van der Waals surface area contributed by atoms with Gasteiger partial charge in [-0.3, -0.25) is 0 Å². The maximum absolute atomic E-state index is 11.4. The Bertz CT molecular complexity index is 546. The van der Waals surface area contributed by atoms with Crippen molar-refractivity contribution >= 4 is 0 Å². The van der Waals surface area contributed by atoms with Gasteiger partial charge in [0.25, 0.3) is 0 Å². The van der Waals surface area contributed by atoms with Crippen LogP contribution in [0.2, 0.25) is 0 Å². The van der Waals surface area contributed by atoms with Gasteiger partial charge in [0, 0.05) is 0 Å². The van der Waals surface area contributed by atoms with Crippen LogP contribution in [0.3, 0.4) is 0 Å². The van der Waals surface area contributed by atoms with Gasteiger partial charge in [0.2, 0.25) is 0 Å². The largest absolute Gasteiger partial charge is 0.388 e. The minimum absolute atomic E-state index is 0.540. The third-order valence-corrected chi connectivity index (χ3v) is 5.92. The summed E-state index contributed by atoms with van der Waals surface area (Å²) in [6.45, 7) is 4.47. The minimum atomic E-state index is -0.825. The van der Waals surface area contributed by atoms with E-state index in [0.29, 0.717) is 24.7 Å². The third-order valence-electron chi connectivity index (χ3n) is 5.92. The van der Waals surface area contributed by atoms with Gasteiger partial charge in [0.15, 0.2) is 0 Å². The number of hydrogen-bond donors (Lipinski definition) is 1. The highest BCUT2D eigenvalue weighted by molar-refractivity contribution is 5.39. The Kier molecular flexibility index (Phi) is 3.58. The van der Waals surface area contributed by atoms with Crippen molar-refractivity contribution in [3.8, 4) is 6.07 Å². The van der Waals surface area contributed by atoms with Crippen LogP contribution in [0, 0.1) is 28.6 Å². The molecule has 0 heterocycles. The fourth-order valence-corrected chi connectivity index (χ4v) is 4.43. The van der Waals surface area contributed by atoms with Crippen molar-refractivity contribution in [2.45, 2.75) is 58.0 Å². The molecular formula is C19H25NO. The summed E-state index contributed by atoms with van der Waals surface area (Å²) >= 11 is 0. The number of benzene rings is 1. The summed E-state index contributed by atoms with van der Waals surface area (Å²) in [5.41, 5.74) is 1.05. The van der Waals surface area contributed by atoms with E-state index in [9.17, 15) is 10.4 Å². The molecule has 1 aromatic carbocycles. The van der Waals surface area contributed by atoms with E-state index in [1.54, 1.807) is 0 Å². The van der Waals surface area contributed by atoms with Crippen LogP contribution in [0.1, 0.15) is 50.7 Å². The third kappa shape index (κ3) is 2.28. The van der Waals surface area contributed by atoms with Crippen LogP contribution in [0.5, 0.6) is 0 Å². The second kappa shape index (κ2) is 5.14. The number of nitriles is 1. The van der Waals surface area contributed by atoms with E-state index in [1.807, 2.05) is 12.1 Å². The van der Waals surface area contributed by atoms with Crippen molar-refractivity contribution in [3.05, 3.63) is 35.4 Å². The molecule has 1 aromatic rings. The number of fused-ring (bicyclic) bond motifs is 1. The van der Waals surface area contributed by atoms with Gasteiger partial charge in [0.05, 0.1) is 17.1 Å². The Morgan fingerprint density at radius 3 is 2.38 bits per heavy atom. The van der Waals surface area contributed by atoms with E-state index in [-0.39, 0.29) is 0 Å². The molecule has 0 radical (unpaired) electrons. The highest BCUT2D eigenvalue weighted by Crippen LogP contribution is 2.52. The van der Waals surface area contributed by atoms with Crippen LogP contribution < -0.4 is 0 Å². The zero-order valence-electron chi connectivity index (χ0n) is 13.1. The first-order valence-corrected chi connectivity index (χ1v) is 8.20. The lowest BCUT2D eigenvalue weighted by atomic mass is 9.60. The van der Waals surface area contributed by atoms with E-state index in [0.717, 1.165) is 19.3 Å². The molecule has 1 N–H and O–H groups in total. The van der Waals surface area contributed by atoms with Crippen molar-refractivity contribution in [3.63, 3.8) is 0 Å². The van der Waals surface area contributed by atoms with Crippen molar-refractivity contribution in [1.29, 1.82) is 5.26 Å². The highest BCUT2D eigenvalue weighted by Gasteiger charge is 2.55. The molecule has 2 unspecified atom stereocenters. The molecule has 0 bridgehead atoms. The minimum Gasteiger partial charge on any atom is -0.388 e. The molecule has 2 nitrogen and oxygen atoms in total. The molecule has 21 heavy (non-hydrogen) atoms. The van der Waals surface area contributed by atoms with Crippen molar-refractivity contribution in [2.75, 3.05) is 0 Å². The molecule has 2 heteroatoms. The Balaban J connectivity index is 1.92. The summed E-state index contributed by atoms with van der Waals surface area (Å²) in [7, 11) is 0. The number of nitrogens with zero attached hydrogens (tertiary/aromatic N) is 1. The molecule has 2 aliphatic carbocycles. The summed E-state index contributed by atoms with van der Waals surface area (Å²) < 4.78 is 0. The molecule has 3 rings (SSSR count). The van der Waals surface area contributed by atoms with Gasteiger partial charge in [-0.2, -0.15) is 5.26 Å². The zero-order valence-corrected chi connectivity index (χ0v) is 13.1. The fourth-order valence-electron chi connectivity index (χ4n) is 4.43. The van der Waals surface area contributed by atoms with E-state index in [2.05, 4.69) is 32.0 Å². The van der Waals surface area contributed by atoms with Crippen LogP contribution in [0.15, 0.2) is 24.3 Å². The molecule has 1 fully saturated rings. The number of hydrogen-bond acceptors (Lipinski definition) is 2. The Labute approximate surface area is 127 Å². The SMILES string of the molecule is CC(C)C1CCCC(O)(C2(C#N)Cc3ccccc3C2)C1. The van der Waals surface area contributed by atoms with Gasteiger partial charge in [-0.15, -0.1) is 0 Å². The lowest BCUT2D eigenvalue weighted by Crippen LogP contribution is -2.51. The van der Waals surface area contributed by atoms with E-state index in [1.165, 1.54) is 17.5 Å². The molecule has 0 aliphatic heterocycles. The summed E-state index contributed by atoms with van der Waals surface area (Å²) in [4.78, 5) is 0. The van der Waals surface area contributed by atoms with Crippen molar-refractivity contribution in [1.82, 2.24) is 0 Å². The van der Waals surface area contributed by atoms with Gasteiger partial charge in [-0.05, 0) is 55.1 Å². The zero-order chi connectivity index (χ0) is 15.1. The molecule has 112 valence electrons. The average molecular weight is 283 g/mol. The Hall–Kier alpha value is -1.33. The topological polar surface area (TPSA) is 44.0 Å². The van der Waals surface area contributed by atoms with E-state index in [4.69, 9.17) is 0 Å². The van der Waals surface area contributed by atoms with Crippen LogP contribution in [0.25, 0.3) is 0 Å². The predicted molar refractivity (Wildman–Crippen MR) is 83.6 cm³/mol. The molecule has 1 saturated carbocycles. The summed E-state index contributed by atoms with van der Waals surface area (Å²) in [5, 5.41) is 21.3. The normalized spacial score (nSPS) is 30.9. The molecular weight excluding hydrogens is 258 g/mol. The van der Waals surface area contributed by atoms with Crippen LogP contribution >= 0.6 is 0 Å². The molecule has 0 amide bonds. The smallest absolute Gasteiger partial charge is 0.0940 e. The molecule has 2 atom stereocenters. The van der Waals surface area contributed by atoms with Crippen molar-refractivity contribution < 1.29 is 5.11 Å². The lowest BCUT2D eigenvalue weighted by molar-refractivity contribution is -0.0981. The predicted octanol–water partition coefficient (Wildman–Crippen LogP) is 3.87. The number of rotatable bonds is 2. The van der Waals surface area contributed by atoms with Crippen LogP contribution in [0.4, 0.5) is 0 Å². The summed E-state index contributed by atoms with van der Waals surface area (Å²) in [6.07, 6.45) is 5.21. The van der Waals surface area contributed by atoms with Crippen molar-refractivity contribution in [2.24, 2.45) is 17.3 Å². The Morgan fingerprint density at radius 1 is 1.24 bits per heavy atom. The fraction of sp³-hybridized carbons (Fsp3) is 0.632. The summed E-state index contributed by atoms with van der Waals surface area (Å²) in [5.74, 6) is 1.12. The van der Waals surface area contributed by atoms with Gasteiger partial charge in [-0.25, -0.2) is 0 Å². The standard InChI is InChI=1S/C19H25NO/c1-14(2)15-8-5-9-19(21,12-15)18(13-20)10-16-6-3-4-7-17(16)11-18/h3-4,6-7,14-15,21H,5,8-12H2,1-2H3. The monoisotopic (exact) mass is 283 g/mol. The van der Waals surface area contributed by atoms with Gasteiger partial charge >= 0.3 is 0 Å². The second-order valence-electron chi connectivity index (χ2n) is 7.45. The first-order chi connectivity index (χ1) is 10.00. The van der Waals surface area contributed by atoms with Gasteiger partial charge in [-0.1, -0.05) is 44.5 Å². The molecule has 0 aromatic heterocycles. The number of aliphatic hydroxyl groups is 1. The van der Waals surface area contributed by atoms with Crippen LogP contribution in [-0.2, 0) is 12.8 Å². The van der Waals surface area contributed by atoms with Crippen LogP contribution in [-0.4, -0.2) is 10.7 Å². The first kappa shape index (κ1) is 14.6. The van der Waals surface area contributed by atoms with E-state index >= 15 is 0 Å². The average Bonchev–Trinajstić information content (AvgIpc) is 2.87. The highest BCUT2D eigenvalue weighted by atomic mass is 16.3. The first-order valence-electron chi connectivity index (χ1n) is 8.20. The summed E-state index contributed by atoms with van der Waals surface area (Å²) in [6, 6.07) is 10.8. The maximum atomic E-state index is 11.4. The lowest BCUT2D eigenvalue weighted by Gasteiger charge is -2.46. The molecule has 2 aliphatic rings. The molecule has 0 spiro atoms. The quantitative estimate of drug-likeness (QED) is 0.895.